The Morgan fingerprint density at radius 2 is 2.11 bits per heavy atom. The molecule has 2 fully saturated rings. The van der Waals surface area contributed by atoms with Crippen LogP contribution in [0.3, 0.4) is 0 Å². The molecule has 1 aliphatic heterocycles. The molecule has 0 atom stereocenters. The Hall–Kier alpha value is -0.0800. The Labute approximate surface area is 55.6 Å². The third-order valence-corrected chi connectivity index (χ3v) is 2.37. The summed E-state index contributed by atoms with van der Waals surface area (Å²) >= 11 is 0. The van der Waals surface area contributed by atoms with Crippen LogP contribution in [0.1, 0.15) is 25.7 Å². The first kappa shape index (κ1) is 5.69. The van der Waals surface area contributed by atoms with E-state index in [-0.39, 0.29) is 0 Å². The molecule has 2 aliphatic rings. The van der Waals surface area contributed by atoms with Crippen LogP contribution in [0, 0.1) is 6.73 Å². The molecule has 9 heavy (non-hydrogen) atoms. The van der Waals surface area contributed by atoms with Gasteiger partial charge in [-0.15, -0.1) is 0 Å². The molecule has 1 saturated heterocycles. The predicted octanol–water partition coefficient (Wildman–Crippen LogP) is 1.04. The van der Waals surface area contributed by atoms with Gasteiger partial charge in [-0.1, -0.05) is 12.8 Å². The largest absolute Gasteiger partial charge is 0.357 e. The van der Waals surface area contributed by atoms with E-state index in [1.807, 2.05) is 0 Å². The van der Waals surface area contributed by atoms with E-state index < -0.39 is 0 Å². The Kier molecular flexibility index (Phi) is 1.24. The summed E-state index contributed by atoms with van der Waals surface area (Å²) < 4.78 is 5.15. The summed E-state index contributed by atoms with van der Waals surface area (Å²) in [4.78, 5) is 0. The average molecular weight is 126 g/mol. The molecule has 2 rings (SSSR count). The Morgan fingerprint density at radius 3 is 2.67 bits per heavy atom. The van der Waals surface area contributed by atoms with E-state index in [0.29, 0.717) is 5.54 Å². The van der Waals surface area contributed by atoms with Crippen molar-refractivity contribution < 1.29 is 4.74 Å². The van der Waals surface area contributed by atoms with Gasteiger partial charge in [0.15, 0.2) is 0 Å². The number of rotatable bonds is 0. The molecule has 1 N–H and O–H groups in total. The van der Waals surface area contributed by atoms with Gasteiger partial charge < -0.3 is 4.74 Å². The standard InChI is InChI=1S/C7H12NO/c1-2-4-7(3-1)5-9-6-8-7/h6,8H,1-5H2. The molecule has 0 aromatic heterocycles. The minimum atomic E-state index is 0.361. The molecule has 1 saturated carbocycles. The minimum absolute atomic E-state index is 0.361. The lowest BCUT2D eigenvalue weighted by Crippen LogP contribution is -2.37. The summed E-state index contributed by atoms with van der Waals surface area (Å²) in [6, 6.07) is 0. The lowest BCUT2D eigenvalue weighted by atomic mass is 10.0. The second-order valence-electron chi connectivity index (χ2n) is 3.06. The first-order valence-electron chi connectivity index (χ1n) is 3.62. The quantitative estimate of drug-likeness (QED) is 0.523. The van der Waals surface area contributed by atoms with Crippen LogP contribution >= 0.6 is 0 Å². The maximum atomic E-state index is 5.15. The lowest BCUT2D eigenvalue weighted by molar-refractivity contribution is 0.219. The van der Waals surface area contributed by atoms with Gasteiger partial charge in [0, 0.05) is 5.54 Å². The van der Waals surface area contributed by atoms with Crippen LogP contribution < -0.4 is 5.32 Å². The molecular formula is C7H12NO. The van der Waals surface area contributed by atoms with E-state index in [1.165, 1.54) is 25.7 Å². The second-order valence-corrected chi connectivity index (χ2v) is 3.06. The van der Waals surface area contributed by atoms with Gasteiger partial charge >= 0.3 is 0 Å². The van der Waals surface area contributed by atoms with E-state index >= 15 is 0 Å². The van der Waals surface area contributed by atoms with E-state index in [1.54, 1.807) is 6.73 Å². The van der Waals surface area contributed by atoms with Crippen molar-refractivity contribution in [3.8, 4) is 0 Å². The zero-order valence-corrected chi connectivity index (χ0v) is 5.52. The van der Waals surface area contributed by atoms with Crippen LogP contribution in [-0.2, 0) is 4.74 Å². The van der Waals surface area contributed by atoms with Gasteiger partial charge in [-0.05, 0) is 12.8 Å². The molecule has 0 aromatic rings. The first-order valence-corrected chi connectivity index (χ1v) is 3.62. The highest BCUT2D eigenvalue weighted by molar-refractivity contribution is 4.96. The van der Waals surface area contributed by atoms with Gasteiger partial charge in [0.1, 0.15) is 6.73 Å². The third kappa shape index (κ3) is 0.864. The molecule has 2 nitrogen and oxygen atoms in total. The van der Waals surface area contributed by atoms with Crippen molar-refractivity contribution in [3.05, 3.63) is 6.73 Å². The number of ether oxygens (including phenoxy) is 1. The van der Waals surface area contributed by atoms with Crippen molar-refractivity contribution in [1.82, 2.24) is 5.32 Å². The summed E-state index contributed by atoms with van der Waals surface area (Å²) in [6.07, 6.45) is 5.32. The normalized spacial score (nSPS) is 32.0. The summed E-state index contributed by atoms with van der Waals surface area (Å²) in [5.74, 6) is 0. The van der Waals surface area contributed by atoms with Gasteiger partial charge in [-0.3, -0.25) is 5.32 Å². The average Bonchev–Trinajstić information content (AvgIpc) is 2.45. The Morgan fingerprint density at radius 1 is 1.33 bits per heavy atom. The van der Waals surface area contributed by atoms with Gasteiger partial charge in [0.2, 0.25) is 0 Å². The van der Waals surface area contributed by atoms with Crippen LogP contribution in [-0.4, -0.2) is 12.1 Å². The molecule has 51 valence electrons. The van der Waals surface area contributed by atoms with Crippen LogP contribution in [0.4, 0.5) is 0 Å². The molecule has 1 heterocycles. The Balaban J connectivity index is 2.04. The van der Waals surface area contributed by atoms with Gasteiger partial charge in [-0.25, -0.2) is 0 Å². The fourth-order valence-corrected chi connectivity index (χ4v) is 1.75. The van der Waals surface area contributed by atoms with Gasteiger partial charge in [-0.2, -0.15) is 0 Å². The van der Waals surface area contributed by atoms with Crippen LogP contribution in [0.25, 0.3) is 0 Å². The smallest absolute Gasteiger partial charge is 0.148 e. The molecule has 2 heteroatoms. The van der Waals surface area contributed by atoms with Crippen molar-refractivity contribution >= 4 is 0 Å². The van der Waals surface area contributed by atoms with Crippen LogP contribution in [0.2, 0.25) is 0 Å². The highest BCUT2D eigenvalue weighted by atomic mass is 16.5. The highest BCUT2D eigenvalue weighted by Gasteiger charge is 2.37. The van der Waals surface area contributed by atoms with E-state index in [2.05, 4.69) is 5.32 Å². The minimum Gasteiger partial charge on any atom is -0.357 e. The zero-order valence-electron chi connectivity index (χ0n) is 5.52. The summed E-state index contributed by atoms with van der Waals surface area (Å²) in [5.41, 5.74) is 0.361. The van der Waals surface area contributed by atoms with Gasteiger partial charge in [0.25, 0.3) is 0 Å². The SMILES string of the molecule is [CH]1NC2(CCCC2)CO1. The topological polar surface area (TPSA) is 21.3 Å². The van der Waals surface area contributed by atoms with Gasteiger partial charge in [0.05, 0.1) is 6.61 Å². The van der Waals surface area contributed by atoms with Crippen molar-refractivity contribution in [1.29, 1.82) is 0 Å². The predicted molar refractivity (Wildman–Crippen MR) is 34.6 cm³/mol. The maximum Gasteiger partial charge on any atom is 0.148 e. The first-order chi connectivity index (χ1) is 4.41. The van der Waals surface area contributed by atoms with E-state index in [0.717, 1.165) is 6.61 Å². The second kappa shape index (κ2) is 1.96. The number of hydrogen-bond acceptors (Lipinski definition) is 2. The number of hydrogen-bond donors (Lipinski definition) is 1. The fraction of sp³-hybridized carbons (Fsp3) is 0.857. The maximum absolute atomic E-state index is 5.15. The third-order valence-electron chi connectivity index (χ3n) is 2.37. The van der Waals surface area contributed by atoms with Crippen molar-refractivity contribution in [3.63, 3.8) is 0 Å². The van der Waals surface area contributed by atoms with Crippen molar-refractivity contribution in [2.45, 2.75) is 31.2 Å². The van der Waals surface area contributed by atoms with E-state index in [4.69, 9.17) is 4.74 Å². The van der Waals surface area contributed by atoms with Crippen LogP contribution in [0.5, 0.6) is 0 Å². The molecule has 1 spiro atoms. The van der Waals surface area contributed by atoms with Crippen LogP contribution in [0.15, 0.2) is 0 Å². The van der Waals surface area contributed by atoms with Crippen molar-refractivity contribution in [2.75, 3.05) is 6.61 Å². The highest BCUT2D eigenvalue weighted by Crippen LogP contribution is 2.32. The fourth-order valence-electron chi connectivity index (χ4n) is 1.75. The zero-order chi connectivity index (χ0) is 6.16. The number of nitrogens with one attached hydrogen (secondary N) is 1. The molecule has 1 aliphatic carbocycles. The molecule has 0 bridgehead atoms. The summed E-state index contributed by atoms with van der Waals surface area (Å²) in [6.45, 7) is 2.64. The Bertz CT molecular complexity index is 84.0. The summed E-state index contributed by atoms with van der Waals surface area (Å²) in [7, 11) is 0. The molecular weight excluding hydrogens is 114 g/mol. The lowest BCUT2D eigenvalue weighted by Gasteiger charge is -2.19. The monoisotopic (exact) mass is 126 g/mol. The molecule has 0 unspecified atom stereocenters. The molecule has 1 radical (unpaired) electrons. The summed E-state index contributed by atoms with van der Waals surface area (Å²) in [5, 5.41) is 3.28. The van der Waals surface area contributed by atoms with E-state index in [9.17, 15) is 0 Å². The van der Waals surface area contributed by atoms with Crippen molar-refractivity contribution in [2.24, 2.45) is 0 Å². The molecule has 0 amide bonds. The molecule has 0 aromatic carbocycles.